The van der Waals surface area contributed by atoms with Gasteiger partial charge >= 0.3 is 0 Å². The molecule has 0 spiro atoms. The Labute approximate surface area is 110 Å². The molecule has 0 amide bonds. The minimum Gasteiger partial charge on any atom is -0.389 e. The van der Waals surface area contributed by atoms with Crippen molar-refractivity contribution in [2.24, 2.45) is 5.73 Å². The number of benzene rings is 1. The summed E-state index contributed by atoms with van der Waals surface area (Å²) < 4.78 is 0. The fraction of sp³-hybridized carbons (Fsp3) is 0.625. The number of hydrogen-bond donors (Lipinski definition) is 2. The predicted octanol–water partition coefficient (Wildman–Crippen LogP) is 3.16. The van der Waals surface area contributed by atoms with E-state index in [9.17, 15) is 5.11 Å². The van der Waals surface area contributed by atoms with E-state index >= 15 is 0 Å². The van der Waals surface area contributed by atoms with Crippen LogP contribution in [0.5, 0.6) is 0 Å². The molecule has 0 aromatic heterocycles. The highest BCUT2D eigenvalue weighted by atomic mass is 16.3. The molecule has 3 N–H and O–H groups in total. The lowest BCUT2D eigenvalue weighted by Crippen LogP contribution is -2.40. The van der Waals surface area contributed by atoms with E-state index < -0.39 is 5.60 Å². The normalized spacial score (nSPS) is 28.6. The van der Waals surface area contributed by atoms with E-state index in [1.54, 1.807) is 0 Å². The maximum atomic E-state index is 10.1. The number of nitrogens with two attached hydrogens (primary N) is 1. The van der Waals surface area contributed by atoms with Crippen LogP contribution in [-0.4, -0.2) is 17.3 Å². The molecule has 0 bridgehead atoms. The van der Waals surface area contributed by atoms with Gasteiger partial charge in [-0.3, -0.25) is 0 Å². The Balaban J connectivity index is 2.01. The van der Waals surface area contributed by atoms with Crippen molar-refractivity contribution in [3.05, 3.63) is 35.4 Å². The zero-order valence-electron chi connectivity index (χ0n) is 11.5. The number of hydrogen-bond acceptors (Lipinski definition) is 2. The molecule has 1 aromatic rings. The van der Waals surface area contributed by atoms with Crippen LogP contribution in [0.15, 0.2) is 24.3 Å². The van der Waals surface area contributed by atoms with Gasteiger partial charge in [0.2, 0.25) is 0 Å². The minimum absolute atomic E-state index is 0.395. The molecular formula is C16H25NO. The first-order valence-corrected chi connectivity index (χ1v) is 7.06. The summed E-state index contributed by atoms with van der Waals surface area (Å²) in [5, 5.41) is 10.1. The Morgan fingerprint density at radius 3 is 2.22 bits per heavy atom. The molecule has 1 aliphatic carbocycles. The lowest BCUT2D eigenvalue weighted by Gasteiger charge is -2.35. The van der Waals surface area contributed by atoms with Gasteiger partial charge in [-0.15, -0.1) is 0 Å². The SMILES string of the molecule is CC(C)c1ccc(C2CCC(O)(CN)CC2)cc1. The summed E-state index contributed by atoms with van der Waals surface area (Å²) in [4.78, 5) is 0. The molecule has 2 rings (SSSR count). The Morgan fingerprint density at radius 1 is 1.22 bits per heavy atom. The molecular weight excluding hydrogens is 222 g/mol. The van der Waals surface area contributed by atoms with Crippen LogP contribution < -0.4 is 5.73 Å². The van der Waals surface area contributed by atoms with E-state index in [4.69, 9.17) is 5.73 Å². The van der Waals surface area contributed by atoms with Gasteiger partial charge in [0.1, 0.15) is 0 Å². The van der Waals surface area contributed by atoms with E-state index in [-0.39, 0.29) is 0 Å². The molecule has 1 aromatic carbocycles. The van der Waals surface area contributed by atoms with Crippen LogP contribution in [0.3, 0.4) is 0 Å². The van der Waals surface area contributed by atoms with Gasteiger partial charge in [-0.05, 0) is 48.6 Å². The van der Waals surface area contributed by atoms with Crippen molar-refractivity contribution < 1.29 is 5.11 Å². The van der Waals surface area contributed by atoms with Gasteiger partial charge < -0.3 is 10.8 Å². The highest BCUT2D eigenvalue weighted by molar-refractivity contribution is 5.27. The predicted molar refractivity (Wildman–Crippen MR) is 75.7 cm³/mol. The molecule has 0 unspecified atom stereocenters. The van der Waals surface area contributed by atoms with Crippen LogP contribution in [0, 0.1) is 0 Å². The average molecular weight is 247 g/mol. The van der Waals surface area contributed by atoms with Gasteiger partial charge in [0.15, 0.2) is 0 Å². The Bertz CT molecular complexity index is 375. The van der Waals surface area contributed by atoms with Crippen LogP contribution in [-0.2, 0) is 0 Å². The highest BCUT2D eigenvalue weighted by Gasteiger charge is 2.32. The van der Waals surface area contributed by atoms with E-state index in [1.807, 2.05) is 0 Å². The van der Waals surface area contributed by atoms with Crippen LogP contribution in [0.4, 0.5) is 0 Å². The third-order valence-electron chi connectivity index (χ3n) is 4.37. The monoisotopic (exact) mass is 247 g/mol. The fourth-order valence-corrected chi connectivity index (χ4v) is 2.85. The summed E-state index contributed by atoms with van der Waals surface area (Å²) in [6.45, 7) is 4.83. The molecule has 2 nitrogen and oxygen atoms in total. The van der Waals surface area contributed by atoms with Gasteiger partial charge in [0.25, 0.3) is 0 Å². The van der Waals surface area contributed by atoms with Gasteiger partial charge in [-0.1, -0.05) is 38.1 Å². The highest BCUT2D eigenvalue weighted by Crippen LogP contribution is 2.37. The van der Waals surface area contributed by atoms with Crippen molar-refractivity contribution in [2.75, 3.05) is 6.54 Å². The molecule has 1 fully saturated rings. The molecule has 1 saturated carbocycles. The lowest BCUT2D eigenvalue weighted by molar-refractivity contribution is 0.00767. The quantitative estimate of drug-likeness (QED) is 0.862. The number of rotatable bonds is 3. The molecule has 0 radical (unpaired) electrons. The maximum Gasteiger partial charge on any atom is 0.0769 e. The van der Waals surface area contributed by atoms with E-state index in [0.29, 0.717) is 18.4 Å². The largest absolute Gasteiger partial charge is 0.389 e. The van der Waals surface area contributed by atoms with Crippen LogP contribution in [0.2, 0.25) is 0 Å². The average Bonchev–Trinajstić information content (AvgIpc) is 2.40. The van der Waals surface area contributed by atoms with Gasteiger partial charge in [-0.25, -0.2) is 0 Å². The first-order valence-electron chi connectivity index (χ1n) is 7.06. The topological polar surface area (TPSA) is 46.2 Å². The molecule has 0 atom stereocenters. The van der Waals surface area contributed by atoms with Crippen LogP contribution >= 0.6 is 0 Å². The summed E-state index contributed by atoms with van der Waals surface area (Å²) in [6, 6.07) is 8.99. The summed E-state index contributed by atoms with van der Waals surface area (Å²) in [5.74, 6) is 1.19. The van der Waals surface area contributed by atoms with Crippen molar-refractivity contribution in [2.45, 2.75) is 57.0 Å². The first-order chi connectivity index (χ1) is 8.54. The molecule has 2 heteroatoms. The summed E-state index contributed by atoms with van der Waals surface area (Å²) in [7, 11) is 0. The Kier molecular flexibility index (Phi) is 4.08. The van der Waals surface area contributed by atoms with Crippen LogP contribution in [0.25, 0.3) is 0 Å². The van der Waals surface area contributed by atoms with Crippen molar-refractivity contribution in [1.82, 2.24) is 0 Å². The minimum atomic E-state index is -0.603. The van der Waals surface area contributed by atoms with Crippen molar-refractivity contribution in [3.8, 4) is 0 Å². The van der Waals surface area contributed by atoms with E-state index in [2.05, 4.69) is 38.1 Å². The molecule has 1 aliphatic rings. The van der Waals surface area contributed by atoms with Crippen molar-refractivity contribution in [1.29, 1.82) is 0 Å². The Hall–Kier alpha value is -0.860. The second kappa shape index (κ2) is 5.41. The second-order valence-electron chi connectivity index (χ2n) is 6.02. The summed E-state index contributed by atoms with van der Waals surface area (Å²) in [6.07, 6.45) is 3.77. The molecule has 0 heterocycles. The third kappa shape index (κ3) is 2.93. The van der Waals surface area contributed by atoms with Crippen LogP contribution in [0.1, 0.15) is 62.5 Å². The fourth-order valence-electron chi connectivity index (χ4n) is 2.85. The molecule has 0 aliphatic heterocycles. The second-order valence-corrected chi connectivity index (χ2v) is 6.02. The first kappa shape index (κ1) is 13.6. The third-order valence-corrected chi connectivity index (χ3v) is 4.37. The smallest absolute Gasteiger partial charge is 0.0769 e. The zero-order chi connectivity index (χ0) is 13.2. The summed E-state index contributed by atoms with van der Waals surface area (Å²) in [5.41, 5.74) is 7.83. The molecule has 18 heavy (non-hydrogen) atoms. The zero-order valence-corrected chi connectivity index (χ0v) is 11.5. The van der Waals surface area contributed by atoms with Crippen molar-refractivity contribution >= 4 is 0 Å². The maximum absolute atomic E-state index is 10.1. The summed E-state index contributed by atoms with van der Waals surface area (Å²) >= 11 is 0. The van der Waals surface area contributed by atoms with Crippen molar-refractivity contribution in [3.63, 3.8) is 0 Å². The van der Waals surface area contributed by atoms with Gasteiger partial charge in [0, 0.05) is 6.54 Å². The molecule has 0 saturated heterocycles. The van der Waals surface area contributed by atoms with Gasteiger partial charge in [-0.2, -0.15) is 0 Å². The molecule has 100 valence electrons. The number of aliphatic hydroxyl groups is 1. The lowest BCUT2D eigenvalue weighted by atomic mass is 9.76. The standard InChI is InChI=1S/C16H25NO/c1-12(2)13-3-5-14(6-4-13)15-7-9-16(18,11-17)10-8-15/h3-6,12,15,18H,7-11,17H2,1-2H3. The van der Waals surface area contributed by atoms with Gasteiger partial charge in [0.05, 0.1) is 5.60 Å². The van der Waals surface area contributed by atoms with E-state index in [1.165, 1.54) is 11.1 Å². The van der Waals surface area contributed by atoms with E-state index in [0.717, 1.165) is 25.7 Å². The Morgan fingerprint density at radius 2 is 1.78 bits per heavy atom.